The number of fused-ring (bicyclic) bond motifs is 2. The number of aromatic nitrogens is 2. The average Bonchev–Trinajstić information content (AvgIpc) is 3.50. The second-order valence-electron chi connectivity index (χ2n) is 12.0. The van der Waals surface area contributed by atoms with Gasteiger partial charge >= 0.3 is 6.01 Å². The molecular formula is C33H37ClFN7O2. The molecule has 11 heteroatoms. The van der Waals surface area contributed by atoms with Crippen LogP contribution in [0.4, 0.5) is 15.9 Å². The predicted octanol–water partition coefficient (Wildman–Crippen LogP) is 4.97. The fraction of sp³-hybridized carbons (Fsp3) is 0.455. The fourth-order valence-electron chi connectivity index (χ4n) is 6.95. The van der Waals surface area contributed by atoms with E-state index in [-0.39, 0.29) is 35.7 Å². The molecule has 0 radical (unpaired) electrons. The zero-order valence-electron chi connectivity index (χ0n) is 25.2. The maximum absolute atomic E-state index is 14.6. The molecule has 2 fully saturated rings. The molecule has 1 saturated carbocycles. The third-order valence-corrected chi connectivity index (χ3v) is 9.53. The Balaban J connectivity index is 1.38. The van der Waals surface area contributed by atoms with E-state index < -0.39 is 5.82 Å². The highest BCUT2D eigenvalue weighted by atomic mass is 35.5. The minimum absolute atomic E-state index is 0.0210. The van der Waals surface area contributed by atoms with Crippen molar-refractivity contribution in [2.45, 2.75) is 50.4 Å². The lowest BCUT2D eigenvalue weighted by Gasteiger charge is -2.41. The smallest absolute Gasteiger partial charge is 0.319 e. The van der Waals surface area contributed by atoms with Crippen molar-refractivity contribution in [3.63, 3.8) is 0 Å². The Hall–Kier alpha value is -3.94. The van der Waals surface area contributed by atoms with E-state index in [1.807, 2.05) is 18.2 Å². The van der Waals surface area contributed by atoms with Crippen molar-refractivity contribution >= 4 is 39.8 Å². The first-order valence-electron chi connectivity index (χ1n) is 15.1. The molecule has 9 nitrogen and oxygen atoms in total. The summed E-state index contributed by atoms with van der Waals surface area (Å²) in [7, 11) is 4.14. The molecule has 2 aromatic carbocycles. The lowest BCUT2D eigenvalue weighted by atomic mass is 10.0. The molecule has 3 heterocycles. The Morgan fingerprint density at radius 3 is 2.82 bits per heavy atom. The van der Waals surface area contributed by atoms with E-state index in [9.17, 15) is 9.18 Å². The van der Waals surface area contributed by atoms with E-state index in [2.05, 4.69) is 40.2 Å². The summed E-state index contributed by atoms with van der Waals surface area (Å²) in [5.74, 6) is 0.190. The first-order valence-corrected chi connectivity index (χ1v) is 15.5. The number of likely N-dealkylation sites (N-methyl/N-ethyl adjacent to an activating group) is 1. The fourth-order valence-corrected chi connectivity index (χ4v) is 7.22. The molecule has 2 aliphatic heterocycles. The standard InChI is InChI=1S/C33H37ClFN7O2/c1-5-29(43)42-17-16-41(19-22(42)18-36-2)32-23-14-15-40(27-10-6-8-21-12-13-24(35)31(34)30(21)27)20-25(23)37-33(38-32)44-28-11-7-9-26(28)39(3)4/h5-6,8,10,12-13,22,26,28H,1,7,9,11,14-20H2,3-4H3/t22?,26-,28+/m0/s1. The number of halogens is 2. The minimum Gasteiger partial charge on any atom is -0.458 e. The number of benzene rings is 2. The van der Waals surface area contributed by atoms with E-state index in [1.54, 1.807) is 11.0 Å². The zero-order chi connectivity index (χ0) is 31.0. The number of piperazine rings is 1. The van der Waals surface area contributed by atoms with Crippen LogP contribution in [0.3, 0.4) is 0 Å². The predicted molar refractivity (Wildman–Crippen MR) is 171 cm³/mol. The molecule has 1 aliphatic carbocycles. The third-order valence-electron chi connectivity index (χ3n) is 9.16. The van der Waals surface area contributed by atoms with Crippen molar-refractivity contribution in [2.24, 2.45) is 0 Å². The Morgan fingerprint density at radius 2 is 2.05 bits per heavy atom. The Bertz CT molecular complexity index is 1630. The summed E-state index contributed by atoms with van der Waals surface area (Å²) in [6.07, 6.45) is 5.02. The van der Waals surface area contributed by atoms with Gasteiger partial charge in [-0.15, -0.1) is 0 Å². The van der Waals surface area contributed by atoms with E-state index in [0.29, 0.717) is 50.5 Å². The number of hydrogen-bond donors (Lipinski definition) is 0. The highest BCUT2D eigenvalue weighted by Crippen LogP contribution is 2.38. The summed E-state index contributed by atoms with van der Waals surface area (Å²) in [5.41, 5.74) is 2.75. The molecule has 1 amide bonds. The van der Waals surface area contributed by atoms with E-state index in [4.69, 9.17) is 32.9 Å². The molecule has 6 rings (SSSR count). The summed E-state index contributed by atoms with van der Waals surface area (Å²) in [6, 6.07) is 9.37. The molecule has 1 saturated heterocycles. The van der Waals surface area contributed by atoms with Gasteiger partial charge in [-0.2, -0.15) is 9.97 Å². The molecule has 1 unspecified atom stereocenters. The van der Waals surface area contributed by atoms with Crippen LogP contribution in [0, 0.1) is 12.4 Å². The van der Waals surface area contributed by atoms with Crippen molar-refractivity contribution in [1.29, 1.82) is 0 Å². The average molecular weight is 618 g/mol. The molecule has 0 bridgehead atoms. The van der Waals surface area contributed by atoms with Crippen LogP contribution in [0.2, 0.25) is 5.02 Å². The molecule has 1 aromatic heterocycles. The first-order chi connectivity index (χ1) is 21.3. The summed E-state index contributed by atoms with van der Waals surface area (Å²) in [4.78, 5) is 34.5. The van der Waals surface area contributed by atoms with Gasteiger partial charge in [0.05, 0.1) is 17.3 Å². The topological polar surface area (TPSA) is 69.4 Å². The van der Waals surface area contributed by atoms with E-state index in [0.717, 1.165) is 47.4 Å². The number of anilines is 2. The van der Waals surface area contributed by atoms with Crippen LogP contribution >= 0.6 is 11.6 Å². The Morgan fingerprint density at radius 1 is 1.20 bits per heavy atom. The Labute approximate surface area is 262 Å². The molecule has 3 aliphatic rings. The number of carbonyl (C=O) groups is 1. The van der Waals surface area contributed by atoms with Crippen LogP contribution in [0.5, 0.6) is 6.01 Å². The van der Waals surface area contributed by atoms with Crippen LogP contribution < -0.4 is 14.5 Å². The number of nitrogens with zero attached hydrogens (tertiary/aromatic N) is 7. The van der Waals surface area contributed by atoms with Crippen LogP contribution in [-0.4, -0.2) is 90.7 Å². The van der Waals surface area contributed by atoms with Crippen LogP contribution in [0.15, 0.2) is 43.0 Å². The van der Waals surface area contributed by atoms with Gasteiger partial charge in [0.25, 0.3) is 0 Å². The van der Waals surface area contributed by atoms with Gasteiger partial charge in [0.2, 0.25) is 12.5 Å². The summed E-state index contributed by atoms with van der Waals surface area (Å²) in [5, 5.41) is 1.68. The molecule has 230 valence electrons. The van der Waals surface area contributed by atoms with E-state index in [1.165, 1.54) is 12.1 Å². The highest BCUT2D eigenvalue weighted by molar-refractivity contribution is 6.36. The second kappa shape index (κ2) is 12.6. The largest absolute Gasteiger partial charge is 0.458 e. The molecule has 44 heavy (non-hydrogen) atoms. The van der Waals surface area contributed by atoms with Gasteiger partial charge < -0.3 is 29.2 Å². The normalized spacial score (nSPS) is 21.8. The van der Waals surface area contributed by atoms with Crippen molar-refractivity contribution in [3.05, 3.63) is 76.5 Å². The molecule has 0 spiro atoms. The summed E-state index contributed by atoms with van der Waals surface area (Å²) >= 11 is 6.51. The number of ether oxygens (including phenoxy) is 1. The minimum atomic E-state index is -0.445. The van der Waals surface area contributed by atoms with Crippen molar-refractivity contribution in [2.75, 3.05) is 56.6 Å². The van der Waals surface area contributed by atoms with Gasteiger partial charge in [-0.1, -0.05) is 36.4 Å². The first kappa shape index (κ1) is 30.1. The monoisotopic (exact) mass is 617 g/mol. The number of amides is 1. The maximum Gasteiger partial charge on any atom is 0.319 e. The van der Waals surface area contributed by atoms with Crippen molar-refractivity contribution in [1.82, 2.24) is 19.8 Å². The second-order valence-corrected chi connectivity index (χ2v) is 12.3. The van der Waals surface area contributed by atoms with Gasteiger partial charge in [-0.05, 0) is 63.4 Å². The molecule has 3 atom stereocenters. The van der Waals surface area contributed by atoms with Gasteiger partial charge in [-0.3, -0.25) is 4.79 Å². The van der Waals surface area contributed by atoms with Gasteiger partial charge in [0, 0.05) is 48.9 Å². The number of carbonyl (C=O) groups excluding carboxylic acids is 1. The quantitative estimate of drug-likeness (QED) is 0.274. The van der Waals surface area contributed by atoms with Crippen molar-refractivity contribution in [3.8, 4) is 6.01 Å². The number of hydrogen-bond acceptors (Lipinski definition) is 7. The zero-order valence-corrected chi connectivity index (χ0v) is 25.9. The van der Waals surface area contributed by atoms with Crippen LogP contribution in [0.1, 0.15) is 30.5 Å². The van der Waals surface area contributed by atoms with Gasteiger partial charge in [0.1, 0.15) is 23.8 Å². The van der Waals surface area contributed by atoms with Gasteiger partial charge in [-0.25, -0.2) is 11.0 Å². The van der Waals surface area contributed by atoms with Crippen molar-refractivity contribution < 1.29 is 13.9 Å². The van der Waals surface area contributed by atoms with Crippen LogP contribution in [-0.2, 0) is 17.8 Å². The molecular weight excluding hydrogens is 581 g/mol. The summed E-state index contributed by atoms with van der Waals surface area (Å²) < 4.78 is 21.1. The third kappa shape index (κ3) is 5.66. The van der Waals surface area contributed by atoms with Crippen LogP contribution in [0.25, 0.3) is 15.6 Å². The highest BCUT2D eigenvalue weighted by Gasteiger charge is 2.36. The molecule has 0 N–H and O–H groups in total. The molecule has 3 aromatic rings. The van der Waals surface area contributed by atoms with E-state index >= 15 is 0 Å². The Kier molecular flexibility index (Phi) is 8.61. The lowest BCUT2D eigenvalue weighted by molar-refractivity contribution is -0.128. The summed E-state index contributed by atoms with van der Waals surface area (Å²) in [6.45, 7) is 14.0. The maximum atomic E-state index is 14.6. The lowest BCUT2D eigenvalue weighted by Crippen LogP contribution is -2.56. The SMILES string of the molecule is [C-]#[N+]CC1CN(c2nc(O[C@@H]3CCC[C@@H]3N(C)C)nc3c2CCN(c2cccc4ccc(F)c(Cl)c24)C3)CCN1C(=O)C=C. The van der Waals surface area contributed by atoms with Gasteiger partial charge in [0.15, 0.2) is 0 Å². The number of rotatable bonds is 7.